The van der Waals surface area contributed by atoms with E-state index in [2.05, 4.69) is 34.1 Å². The Morgan fingerprint density at radius 2 is 2.46 bits per heavy atom. The maximum absolute atomic E-state index is 4.23. The molecule has 1 heterocycles. The van der Waals surface area contributed by atoms with Crippen LogP contribution in [0.5, 0.6) is 0 Å². The summed E-state index contributed by atoms with van der Waals surface area (Å²) in [6.07, 6.45) is 7.94. The summed E-state index contributed by atoms with van der Waals surface area (Å²) < 4.78 is 1.89. The lowest BCUT2D eigenvalue weighted by atomic mass is 9.83. The number of hydrogen-bond donors (Lipinski definition) is 0. The first-order chi connectivity index (χ1) is 6.10. The summed E-state index contributed by atoms with van der Waals surface area (Å²) in [5.74, 6) is 0. The van der Waals surface area contributed by atoms with Gasteiger partial charge in [0.1, 0.15) is 0 Å². The van der Waals surface area contributed by atoms with Gasteiger partial charge in [0, 0.05) is 18.1 Å². The van der Waals surface area contributed by atoms with Gasteiger partial charge < -0.3 is 0 Å². The van der Waals surface area contributed by atoms with Gasteiger partial charge in [0.2, 0.25) is 0 Å². The molecule has 0 saturated heterocycles. The van der Waals surface area contributed by atoms with Gasteiger partial charge in [0.05, 0.1) is 6.20 Å². The molecule has 0 radical (unpaired) electrons. The average molecular weight is 243 g/mol. The van der Waals surface area contributed by atoms with Crippen molar-refractivity contribution in [1.82, 2.24) is 9.78 Å². The van der Waals surface area contributed by atoms with Gasteiger partial charge in [0.15, 0.2) is 0 Å². The van der Waals surface area contributed by atoms with E-state index < -0.39 is 0 Å². The standard InChI is InChI=1S/C10H15BrN2/c1-10(4-3-9(11)5-10)8-6-12-13(2)7-8/h6-7,9H,3-5H2,1-2H3. The quantitative estimate of drug-likeness (QED) is 0.693. The van der Waals surface area contributed by atoms with E-state index in [9.17, 15) is 0 Å². The van der Waals surface area contributed by atoms with Crippen LogP contribution < -0.4 is 0 Å². The highest BCUT2D eigenvalue weighted by Crippen LogP contribution is 2.43. The van der Waals surface area contributed by atoms with Gasteiger partial charge in [-0.05, 0) is 30.2 Å². The van der Waals surface area contributed by atoms with Crippen LogP contribution in [0.3, 0.4) is 0 Å². The molecule has 3 heteroatoms. The highest BCUT2D eigenvalue weighted by molar-refractivity contribution is 9.09. The summed E-state index contributed by atoms with van der Waals surface area (Å²) in [6, 6.07) is 0. The second kappa shape index (κ2) is 3.12. The monoisotopic (exact) mass is 242 g/mol. The lowest BCUT2D eigenvalue weighted by molar-refractivity contribution is 0.492. The Labute approximate surface area is 87.5 Å². The Morgan fingerprint density at radius 1 is 1.69 bits per heavy atom. The molecule has 1 aliphatic carbocycles. The molecule has 1 saturated carbocycles. The zero-order valence-electron chi connectivity index (χ0n) is 8.13. The van der Waals surface area contributed by atoms with Crippen LogP contribution in [-0.2, 0) is 12.5 Å². The van der Waals surface area contributed by atoms with Gasteiger partial charge >= 0.3 is 0 Å². The molecule has 2 unspecified atom stereocenters. The Morgan fingerprint density at radius 3 is 2.92 bits per heavy atom. The van der Waals surface area contributed by atoms with Crippen LogP contribution in [0.15, 0.2) is 12.4 Å². The SMILES string of the molecule is Cn1cc(C2(C)CCC(Br)C2)cn1. The van der Waals surface area contributed by atoms with Gasteiger partial charge in [-0.2, -0.15) is 5.10 Å². The van der Waals surface area contributed by atoms with Crippen LogP contribution in [0.4, 0.5) is 0 Å². The van der Waals surface area contributed by atoms with Crippen molar-refractivity contribution >= 4 is 15.9 Å². The average Bonchev–Trinajstić information content (AvgIpc) is 2.60. The third-order valence-electron chi connectivity index (χ3n) is 3.08. The van der Waals surface area contributed by atoms with E-state index in [1.165, 1.54) is 24.8 Å². The molecule has 1 fully saturated rings. The lowest BCUT2D eigenvalue weighted by Crippen LogP contribution is -2.16. The Kier molecular flexibility index (Phi) is 2.22. The molecule has 2 nitrogen and oxygen atoms in total. The van der Waals surface area contributed by atoms with E-state index in [0.717, 1.165) is 0 Å². The Hall–Kier alpha value is -0.310. The maximum atomic E-state index is 4.23. The van der Waals surface area contributed by atoms with Crippen LogP contribution in [0.1, 0.15) is 31.7 Å². The Balaban J connectivity index is 2.25. The number of nitrogens with zero attached hydrogens (tertiary/aromatic N) is 2. The molecule has 1 aliphatic rings. The van der Waals surface area contributed by atoms with Crippen molar-refractivity contribution in [2.75, 3.05) is 0 Å². The van der Waals surface area contributed by atoms with E-state index in [-0.39, 0.29) is 0 Å². The summed E-state index contributed by atoms with van der Waals surface area (Å²) in [7, 11) is 1.98. The molecule has 1 aromatic heterocycles. The zero-order valence-corrected chi connectivity index (χ0v) is 9.71. The summed E-state index contributed by atoms with van der Waals surface area (Å²) in [5, 5.41) is 4.23. The molecular weight excluding hydrogens is 228 g/mol. The number of alkyl halides is 1. The fourth-order valence-corrected chi connectivity index (χ4v) is 3.11. The second-order valence-corrected chi connectivity index (χ2v) is 5.60. The first-order valence-electron chi connectivity index (χ1n) is 4.73. The van der Waals surface area contributed by atoms with Crippen LogP contribution in [-0.4, -0.2) is 14.6 Å². The summed E-state index contributed by atoms with van der Waals surface area (Å²) in [4.78, 5) is 0.692. The van der Waals surface area contributed by atoms with E-state index in [4.69, 9.17) is 0 Å². The highest BCUT2D eigenvalue weighted by atomic mass is 79.9. The van der Waals surface area contributed by atoms with Crippen molar-refractivity contribution in [2.45, 2.75) is 36.4 Å². The number of halogens is 1. The predicted octanol–water partition coefficient (Wildman–Crippen LogP) is 2.63. The number of aromatic nitrogens is 2. The molecule has 2 atom stereocenters. The molecule has 13 heavy (non-hydrogen) atoms. The van der Waals surface area contributed by atoms with Crippen LogP contribution in [0.2, 0.25) is 0 Å². The fourth-order valence-electron chi connectivity index (χ4n) is 2.16. The minimum Gasteiger partial charge on any atom is -0.276 e. The smallest absolute Gasteiger partial charge is 0.0527 e. The third-order valence-corrected chi connectivity index (χ3v) is 3.86. The first-order valence-corrected chi connectivity index (χ1v) is 5.65. The van der Waals surface area contributed by atoms with Gasteiger partial charge in [-0.15, -0.1) is 0 Å². The molecule has 72 valence electrons. The Bertz CT molecular complexity index is 308. The molecule has 2 rings (SSSR count). The van der Waals surface area contributed by atoms with E-state index in [1.807, 2.05) is 17.9 Å². The number of rotatable bonds is 1. The normalized spacial score (nSPS) is 33.9. The zero-order chi connectivity index (χ0) is 9.47. The minimum absolute atomic E-state index is 0.350. The van der Waals surface area contributed by atoms with Gasteiger partial charge in [0.25, 0.3) is 0 Å². The fraction of sp³-hybridized carbons (Fsp3) is 0.700. The van der Waals surface area contributed by atoms with Crippen molar-refractivity contribution in [2.24, 2.45) is 7.05 Å². The number of aryl methyl sites for hydroxylation is 1. The summed E-state index contributed by atoms with van der Waals surface area (Å²) in [6.45, 7) is 2.34. The lowest BCUT2D eigenvalue weighted by Gasteiger charge is -2.21. The second-order valence-electron chi connectivity index (χ2n) is 4.30. The van der Waals surface area contributed by atoms with Crippen molar-refractivity contribution in [3.05, 3.63) is 18.0 Å². The van der Waals surface area contributed by atoms with Crippen molar-refractivity contribution in [3.63, 3.8) is 0 Å². The van der Waals surface area contributed by atoms with Gasteiger partial charge in [-0.25, -0.2) is 0 Å². The summed E-state index contributed by atoms with van der Waals surface area (Å²) >= 11 is 3.69. The third kappa shape index (κ3) is 1.66. The first kappa shape index (κ1) is 9.25. The molecular formula is C10H15BrN2. The molecule has 0 N–H and O–H groups in total. The molecule has 0 amide bonds. The maximum Gasteiger partial charge on any atom is 0.0527 e. The largest absolute Gasteiger partial charge is 0.276 e. The molecule has 0 bridgehead atoms. The topological polar surface area (TPSA) is 17.8 Å². The molecule has 0 spiro atoms. The van der Waals surface area contributed by atoms with E-state index in [1.54, 1.807) is 0 Å². The van der Waals surface area contributed by atoms with E-state index in [0.29, 0.717) is 10.2 Å². The van der Waals surface area contributed by atoms with E-state index >= 15 is 0 Å². The molecule has 0 aromatic carbocycles. The van der Waals surface area contributed by atoms with Crippen LogP contribution >= 0.6 is 15.9 Å². The summed E-state index contributed by atoms with van der Waals surface area (Å²) in [5.41, 5.74) is 1.74. The van der Waals surface area contributed by atoms with Crippen molar-refractivity contribution < 1.29 is 0 Å². The van der Waals surface area contributed by atoms with Crippen molar-refractivity contribution in [3.8, 4) is 0 Å². The predicted molar refractivity (Wildman–Crippen MR) is 57.1 cm³/mol. The number of hydrogen-bond acceptors (Lipinski definition) is 1. The highest BCUT2D eigenvalue weighted by Gasteiger charge is 2.36. The molecule has 0 aliphatic heterocycles. The van der Waals surface area contributed by atoms with Gasteiger partial charge in [-0.3, -0.25) is 4.68 Å². The van der Waals surface area contributed by atoms with Crippen molar-refractivity contribution in [1.29, 1.82) is 0 Å². The van der Waals surface area contributed by atoms with Crippen LogP contribution in [0.25, 0.3) is 0 Å². The van der Waals surface area contributed by atoms with Crippen LogP contribution in [0, 0.1) is 0 Å². The molecule has 1 aromatic rings. The minimum atomic E-state index is 0.350. The van der Waals surface area contributed by atoms with Gasteiger partial charge in [-0.1, -0.05) is 22.9 Å².